The fraction of sp³-hybridized carbons (Fsp3) is 0.0667. The lowest BCUT2D eigenvalue weighted by atomic mass is 9.83. The van der Waals surface area contributed by atoms with Gasteiger partial charge in [0.15, 0.2) is 5.78 Å². The minimum atomic E-state index is -3.85. The smallest absolute Gasteiger partial charge is 0.246 e. The van der Waals surface area contributed by atoms with Crippen LogP contribution in [0.2, 0.25) is 0 Å². The van der Waals surface area contributed by atoms with Crippen LogP contribution in [0, 0.1) is 0 Å². The Balaban J connectivity index is 2.21. The number of ketones is 2. The number of sulfonamides is 1. The number of carbonyl (C=O) groups is 2. The van der Waals surface area contributed by atoms with Crippen LogP contribution in [0.5, 0.6) is 11.5 Å². The van der Waals surface area contributed by atoms with Gasteiger partial charge >= 0.3 is 0 Å². The molecule has 124 valence electrons. The van der Waals surface area contributed by atoms with Crippen molar-refractivity contribution in [2.45, 2.75) is 0 Å². The van der Waals surface area contributed by atoms with Gasteiger partial charge in [0.25, 0.3) is 0 Å². The van der Waals surface area contributed by atoms with Crippen molar-refractivity contribution in [1.82, 2.24) is 0 Å². The molecule has 0 spiro atoms. The zero-order valence-corrected chi connectivity index (χ0v) is 13.5. The zero-order valence-electron chi connectivity index (χ0n) is 11.9. The Morgan fingerprint density at radius 3 is 2.29 bits per heavy atom. The normalized spacial score (nSPS) is 13.4. The molecule has 2 aromatic rings. The van der Waals surface area contributed by atoms with E-state index >= 15 is 0 Å². The molecule has 1 aliphatic rings. The van der Waals surface area contributed by atoms with Crippen molar-refractivity contribution in [3.05, 3.63) is 52.6 Å². The second-order valence-electron chi connectivity index (χ2n) is 5.10. The topological polar surface area (TPSA) is 121 Å². The van der Waals surface area contributed by atoms with Crippen LogP contribution in [-0.2, 0) is 10.0 Å². The number of alkyl halides is 1. The Morgan fingerprint density at radius 1 is 0.958 bits per heavy atom. The van der Waals surface area contributed by atoms with Crippen molar-refractivity contribution in [3.8, 4) is 11.5 Å². The summed E-state index contributed by atoms with van der Waals surface area (Å²) >= 11 is 5.30. The summed E-state index contributed by atoms with van der Waals surface area (Å²) in [7, 11) is -3.85. The molecule has 2 aromatic carbocycles. The summed E-state index contributed by atoms with van der Waals surface area (Å²) in [6, 6.07) is 6.18. The number of hydrogen-bond acceptors (Lipinski definition) is 6. The maximum absolute atomic E-state index is 12.6. The van der Waals surface area contributed by atoms with Gasteiger partial charge in [-0.25, -0.2) is 8.42 Å². The number of rotatable bonds is 3. The molecule has 9 heteroatoms. The maximum atomic E-state index is 12.6. The summed E-state index contributed by atoms with van der Waals surface area (Å²) in [5, 5.41) is 19.2. The fourth-order valence-electron chi connectivity index (χ4n) is 2.55. The number of halogens is 1. The highest BCUT2D eigenvalue weighted by Gasteiger charge is 2.34. The first-order chi connectivity index (χ1) is 11.2. The largest absolute Gasteiger partial charge is 0.507 e. The molecular weight excluding hydrogens is 358 g/mol. The first-order valence-electron chi connectivity index (χ1n) is 6.60. The molecule has 0 saturated carbocycles. The summed E-state index contributed by atoms with van der Waals surface area (Å²) in [6.45, 7) is 0. The van der Waals surface area contributed by atoms with Crippen LogP contribution >= 0.6 is 11.6 Å². The summed E-state index contributed by atoms with van der Waals surface area (Å²) in [6.07, 6.45) is 0. The molecule has 1 aliphatic carbocycles. The van der Waals surface area contributed by atoms with Gasteiger partial charge in [0, 0.05) is 17.2 Å². The van der Waals surface area contributed by atoms with Crippen molar-refractivity contribution in [1.29, 1.82) is 0 Å². The molecule has 0 bridgehead atoms. The van der Waals surface area contributed by atoms with Crippen LogP contribution in [0.3, 0.4) is 0 Å². The van der Waals surface area contributed by atoms with Gasteiger partial charge in [-0.2, -0.15) is 0 Å². The van der Waals surface area contributed by atoms with Crippen LogP contribution in [0.15, 0.2) is 30.3 Å². The molecular formula is C15H10ClNO6S. The van der Waals surface area contributed by atoms with Crippen molar-refractivity contribution in [2.24, 2.45) is 0 Å². The lowest BCUT2D eigenvalue weighted by Crippen LogP contribution is -2.22. The highest BCUT2D eigenvalue weighted by atomic mass is 35.5. The first kappa shape index (κ1) is 16.3. The second kappa shape index (κ2) is 5.50. The SMILES string of the molecule is O=C1c2cccc(O)c2C(=O)c2c(O)cc(NS(=O)(=O)CCl)cc21. The quantitative estimate of drug-likeness (QED) is 0.607. The number of anilines is 1. The highest BCUT2D eigenvalue weighted by molar-refractivity contribution is 7.93. The molecule has 3 rings (SSSR count). The third-order valence-corrected chi connectivity index (χ3v) is 5.22. The van der Waals surface area contributed by atoms with E-state index in [1.165, 1.54) is 18.2 Å². The molecule has 0 aliphatic heterocycles. The predicted octanol–water partition coefficient (Wildman–Crippen LogP) is 1.81. The van der Waals surface area contributed by atoms with Gasteiger partial charge in [0.1, 0.15) is 16.7 Å². The molecule has 0 atom stereocenters. The van der Waals surface area contributed by atoms with E-state index in [9.17, 15) is 28.2 Å². The van der Waals surface area contributed by atoms with Crippen molar-refractivity contribution in [3.63, 3.8) is 0 Å². The number of phenolic OH excluding ortho intramolecular Hbond substituents is 2. The molecule has 24 heavy (non-hydrogen) atoms. The third-order valence-electron chi connectivity index (χ3n) is 3.52. The van der Waals surface area contributed by atoms with Crippen LogP contribution in [0.4, 0.5) is 5.69 Å². The van der Waals surface area contributed by atoms with Gasteiger partial charge < -0.3 is 10.2 Å². The Labute approximate surface area is 141 Å². The molecule has 0 aromatic heterocycles. The maximum Gasteiger partial charge on any atom is 0.246 e. The number of fused-ring (bicyclic) bond motifs is 2. The molecule has 3 N–H and O–H groups in total. The monoisotopic (exact) mass is 367 g/mol. The van der Waals surface area contributed by atoms with E-state index in [0.29, 0.717) is 0 Å². The summed E-state index contributed by atoms with van der Waals surface area (Å²) in [4.78, 5) is 25.1. The van der Waals surface area contributed by atoms with Gasteiger partial charge in [0.05, 0.1) is 16.8 Å². The second-order valence-corrected chi connectivity index (χ2v) is 7.41. The Morgan fingerprint density at radius 2 is 1.62 bits per heavy atom. The molecule has 0 fully saturated rings. The third kappa shape index (κ3) is 2.49. The van der Waals surface area contributed by atoms with Gasteiger partial charge in [-0.05, 0) is 12.1 Å². The van der Waals surface area contributed by atoms with Crippen LogP contribution in [-0.4, -0.2) is 35.4 Å². The van der Waals surface area contributed by atoms with Crippen LogP contribution in [0.1, 0.15) is 31.8 Å². The summed E-state index contributed by atoms with van der Waals surface area (Å²) < 4.78 is 25.2. The molecule has 0 heterocycles. The summed E-state index contributed by atoms with van der Waals surface area (Å²) in [5.74, 6) is -2.28. The van der Waals surface area contributed by atoms with Crippen molar-refractivity contribution in [2.75, 3.05) is 9.93 Å². The number of benzene rings is 2. The molecule has 0 unspecified atom stereocenters. The van der Waals surface area contributed by atoms with Crippen molar-refractivity contribution >= 4 is 38.9 Å². The van der Waals surface area contributed by atoms with E-state index in [1.807, 2.05) is 0 Å². The number of carbonyl (C=O) groups excluding carboxylic acids is 2. The van der Waals surface area contributed by atoms with E-state index in [-0.39, 0.29) is 33.7 Å². The fourth-order valence-corrected chi connectivity index (χ4v) is 3.24. The molecule has 0 amide bonds. The Kier molecular flexibility index (Phi) is 3.73. The Bertz CT molecular complexity index is 999. The number of hydrogen-bond donors (Lipinski definition) is 3. The Hall–Kier alpha value is -2.58. The zero-order chi connectivity index (χ0) is 17.6. The lowest BCUT2D eigenvalue weighted by Gasteiger charge is -2.20. The van der Waals surface area contributed by atoms with Gasteiger partial charge in [-0.15, -0.1) is 11.6 Å². The lowest BCUT2D eigenvalue weighted by molar-refractivity contribution is 0.0974. The van der Waals surface area contributed by atoms with Crippen molar-refractivity contribution < 1.29 is 28.2 Å². The first-order valence-corrected chi connectivity index (χ1v) is 8.78. The van der Waals surface area contributed by atoms with Gasteiger partial charge in [0.2, 0.25) is 15.8 Å². The van der Waals surface area contributed by atoms with E-state index in [0.717, 1.165) is 12.1 Å². The number of aromatic hydroxyl groups is 2. The standard InChI is InChI=1S/C15H10ClNO6S/c16-6-24(22,23)17-7-4-9-13(11(19)5-7)15(21)12-8(14(9)20)2-1-3-10(12)18/h1-5,17-19H,6H2. The number of phenols is 2. The predicted molar refractivity (Wildman–Crippen MR) is 86.3 cm³/mol. The molecule has 0 radical (unpaired) electrons. The van der Waals surface area contributed by atoms with E-state index in [2.05, 4.69) is 4.72 Å². The highest BCUT2D eigenvalue weighted by Crippen LogP contribution is 2.38. The van der Waals surface area contributed by atoms with Gasteiger partial charge in [-0.3, -0.25) is 14.3 Å². The van der Waals surface area contributed by atoms with E-state index in [4.69, 9.17) is 11.6 Å². The van der Waals surface area contributed by atoms with Gasteiger partial charge in [-0.1, -0.05) is 12.1 Å². The van der Waals surface area contributed by atoms with Crippen LogP contribution < -0.4 is 4.72 Å². The average Bonchev–Trinajstić information content (AvgIpc) is 2.51. The van der Waals surface area contributed by atoms with E-state index < -0.39 is 32.6 Å². The number of nitrogens with one attached hydrogen (secondary N) is 1. The minimum Gasteiger partial charge on any atom is -0.507 e. The molecule has 7 nitrogen and oxygen atoms in total. The minimum absolute atomic E-state index is 0.0238. The summed E-state index contributed by atoms with van der Waals surface area (Å²) in [5.41, 5.74) is -0.770. The van der Waals surface area contributed by atoms with E-state index in [1.54, 1.807) is 0 Å². The molecule has 0 saturated heterocycles. The van der Waals surface area contributed by atoms with Crippen LogP contribution in [0.25, 0.3) is 0 Å². The average molecular weight is 368 g/mol.